The molecule has 1 N–H and O–H groups in total. The maximum Gasteiger partial charge on any atom is 0.123 e. The lowest BCUT2D eigenvalue weighted by atomic mass is 10.1. The van der Waals surface area contributed by atoms with Crippen LogP contribution in [0.5, 0.6) is 0 Å². The summed E-state index contributed by atoms with van der Waals surface area (Å²) in [4.78, 5) is 0. The Balaban J connectivity index is 1.62. The predicted molar refractivity (Wildman–Crippen MR) is 108 cm³/mol. The van der Waals surface area contributed by atoms with E-state index < -0.39 is 0 Å². The third kappa shape index (κ3) is 3.57. The SMILES string of the molecule is C=C(NCc1cccc(Cl)c1)c1cccc2c1cnn2-c1ccc(F)cc1. The van der Waals surface area contributed by atoms with Gasteiger partial charge in [-0.05, 0) is 48.0 Å². The molecule has 0 spiro atoms. The summed E-state index contributed by atoms with van der Waals surface area (Å²) in [6.07, 6.45) is 1.81. The van der Waals surface area contributed by atoms with Gasteiger partial charge in [0, 0.05) is 28.2 Å². The van der Waals surface area contributed by atoms with Crippen molar-refractivity contribution in [2.24, 2.45) is 0 Å². The Hall–Kier alpha value is -3.11. The number of fused-ring (bicyclic) bond motifs is 1. The fourth-order valence-corrected chi connectivity index (χ4v) is 3.27. The molecular formula is C22H17ClFN3. The highest BCUT2D eigenvalue weighted by atomic mass is 35.5. The Kier molecular flexibility index (Phi) is 4.65. The van der Waals surface area contributed by atoms with Crippen molar-refractivity contribution in [1.82, 2.24) is 15.1 Å². The number of hydrogen-bond acceptors (Lipinski definition) is 2. The van der Waals surface area contributed by atoms with E-state index in [4.69, 9.17) is 11.6 Å². The van der Waals surface area contributed by atoms with Gasteiger partial charge in [-0.1, -0.05) is 42.4 Å². The number of hydrogen-bond donors (Lipinski definition) is 1. The van der Waals surface area contributed by atoms with E-state index in [-0.39, 0.29) is 5.82 Å². The average molecular weight is 378 g/mol. The molecule has 0 bridgehead atoms. The van der Waals surface area contributed by atoms with E-state index in [1.165, 1.54) is 12.1 Å². The molecule has 1 aromatic heterocycles. The van der Waals surface area contributed by atoms with E-state index in [0.717, 1.165) is 33.4 Å². The summed E-state index contributed by atoms with van der Waals surface area (Å²) < 4.78 is 15.0. The number of halogens is 2. The summed E-state index contributed by atoms with van der Waals surface area (Å²) in [7, 11) is 0. The Morgan fingerprint density at radius 3 is 2.63 bits per heavy atom. The van der Waals surface area contributed by atoms with E-state index >= 15 is 0 Å². The molecule has 0 unspecified atom stereocenters. The monoisotopic (exact) mass is 377 g/mol. The molecule has 3 nitrogen and oxygen atoms in total. The van der Waals surface area contributed by atoms with E-state index in [9.17, 15) is 4.39 Å². The van der Waals surface area contributed by atoms with Crippen LogP contribution in [0.25, 0.3) is 22.3 Å². The van der Waals surface area contributed by atoms with E-state index in [1.54, 1.807) is 23.0 Å². The van der Waals surface area contributed by atoms with Crippen LogP contribution >= 0.6 is 11.6 Å². The van der Waals surface area contributed by atoms with Crippen LogP contribution in [-0.2, 0) is 6.54 Å². The molecular weight excluding hydrogens is 361 g/mol. The molecule has 0 saturated heterocycles. The number of nitrogens with one attached hydrogen (secondary N) is 1. The molecule has 134 valence electrons. The summed E-state index contributed by atoms with van der Waals surface area (Å²) in [5.41, 5.74) is 4.60. The molecule has 5 heteroatoms. The zero-order valence-corrected chi connectivity index (χ0v) is 15.2. The maximum absolute atomic E-state index is 13.2. The number of aromatic nitrogens is 2. The van der Waals surface area contributed by atoms with Crippen molar-refractivity contribution in [2.45, 2.75) is 6.54 Å². The minimum absolute atomic E-state index is 0.269. The first-order chi connectivity index (χ1) is 13.1. The molecule has 0 amide bonds. The summed E-state index contributed by atoms with van der Waals surface area (Å²) >= 11 is 6.04. The van der Waals surface area contributed by atoms with E-state index in [0.29, 0.717) is 11.6 Å². The zero-order valence-electron chi connectivity index (χ0n) is 14.5. The second-order valence-corrected chi connectivity index (χ2v) is 6.67. The lowest BCUT2D eigenvalue weighted by Crippen LogP contribution is -2.11. The highest BCUT2D eigenvalue weighted by Crippen LogP contribution is 2.25. The van der Waals surface area contributed by atoms with Crippen molar-refractivity contribution in [3.05, 3.63) is 101 Å². The zero-order chi connectivity index (χ0) is 18.8. The maximum atomic E-state index is 13.2. The predicted octanol–water partition coefficient (Wildman–Crippen LogP) is 5.58. The Bertz CT molecular complexity index is 1120. The summed E-state index contributed by atoms with van der Waals surface area (Å²) in [5.74, 6) is -0.269. The molecule has 1 heterocycles. The van der Waals surface area contributed by atoms with Gasteiger partial charge in [0.2, 0.25) is 0 Å². The van der Waals surface area contributed by atoms with Crippen LogP contribution in [0.1, 0.15) is 11.1 Å². The summed E-state index contributed by atoms with van der Waals surface area (Å²) in [6, 6.07) is 19.9. The molecule has 0 aliphatic carbocycles. The van der Waals surface area contributed by atoms with Crippen LogP contribution < -0.4 is 5.32 Å². The molecule has 0 aliphatic heterocycles. The fourth-order valence-electron chi connectivity index (χ4n) is 3.05. The molecule has 27 heavy (non-hydrogen) atoms. The molecule has 0 saturated carbocycles. The normalized spacial score (nSPS) is 10.9. The van der Waals surface area contributed by atoms with Crippen LogP contribution in [0.4, 0.5) is 4.39 Å². The lowest BCUT2D eigenvalue weighted by Gasteiger charge is -2.11. The quantitative estimate of drug-likeness (QED) is 0.492. The molecule has 4 rings (SSSR count). The molecule has 4 aromatic rings. The van der Waals surface area contributed by atoms with Crippen molar-refractivity contribution in [2.75, 3.05) is 0 Å². The first-order valence-electron chi connectivity index (χ1n) is 8.52. The smallest absolute Gasteiger partial charge is 0.123 e. The number of benzene rings is 3. The number of rotatable bonds is 5. The first-order valence-corrected chi connectivity index (χ1v) is 8.90. The van der Waals surface area contributed by atoms with Crippen molar-refractivity contribution < 1.29 is 4.39 Å². The highest BCUT2D eigenvalue weighted by molar-refractivity contribution is 6.30. The molecule has 3 aromatic carbocycles. The Morgan fingerprint density at radius 2 is 1.85 bits per heavy atom. The molecule has 0 aliphatic rings. The molecule has 0 fully saturated rings. The van der Waals surface area contributed by atoms with Gasteiger partial charge in [-0.25, -0.2) is 9.07 Å². The van der Waals surface area contributed by atoms with Gasteiger partial charge in [0.05, 0.1) is 17.4 Å². The third-order valence-electron chi connectivity index (χ3n) is 4.40. The van der Waals surface area contributed by atoms with Gasteiger partial charge in [-0.2, -0.15) is 5.10 Å². The minimum atomic E-state index is -0.269. The van der Waals surface area contributed by atoms with Gasteiger partial charge in [0.1, 0.15) is 5.82 Å². The van der Waals surface area contributed by atoms with Crippen LogP contribution in [-0.4, -0.2) is 9.78 Å². The van der Waals surface area contributed by atoms with Crippen molar-refractivity contribution in [3.8, 4) is 5.69 Å². The highest BCUT2D eigenvalue weighted by Gasteiger charge is 2.10. The van der Waals surface area contributed by atoms with Crippen molar-refractivity contribution in [1.29, 1.82) is 0 Å². The van der Waals surface area contributed by atoms with Gasteiger partial charge in [0.15, 0.2) is 0 Å². The number of nitrogens with zero attached hydrogens (tertiary/aromatic N) is 2. The van der Waals surface area contributed by atoms with Crippen LogP contribution in [0.2, 0.25) is 5.02 Å². The van der Waals surface area contributed by atoms with Gasteiger partial charge < -0.3 is 5.32 Å². The molecule has 0 radical (unpaired) electrons. The third-order valence-corrected chi connectivity index (χ3v) is 4.64. The van der Waals surface area contributed by atoms with Gasteiger partial charge in [-0.15, -0.1) is 0 Å². The fraction of sp³-hybridized carbons (Fsp3) is 0.0455. The van der Waals surface area contributed by atoms with Gasteiger partial charge in [0.25, 0.3) is 0 Å². The second kappa shape index (κ2) is 7.25. The summed E-state index contributed by atoms with van der Waals surface area (Å²) in [5, 5.41) is 9.52. The second-order valence-electron chi connectivity index (χ2n) is 6.23. The first kappa shape index (κ1) is 17.3. The van der Waals surface area contributed by atoms with Crippen LogP contribution in [0, 0.1) is 5.82 Å². The van der Waals surface area contributed by atoms with E-state index in [2.05, 4.69) is 17.0 Å². The Labute approximate surface area is 161 Å². The van der Waals surface area contributed by atoms with Gasteiger partial charge in [-0.3, -0.25) is 0 Å². The van der Waals surface area contributed by atoms with Crippen LogP contribution in [0.15, 0.2) is 79.5 Å². The Morgan fingerprint density at radius 1 is 1.07 bits per heavy atom. The standard InChI is InChI=1S/C22H17ClFN3/c1-15(25-13-16-4-2-5-17(23)12-16)20-6-3-7-22-21(20)14-26-27(22)19-10-8-18(24)9-11-19/h2-12,14,25H,1,13H2. The summed E-state index contributed by atoms with van der Waals surface area (Å²) in [6.45, 7) is 4.80. The largest absolute Gasteiger partial charge is 0.381 e. The van der Waals surface area contributed by atoms with Crippen molar-refractivity contribution in [3.63, 3.8) is 0 Å². The van der Waals surface area contributed by atoms with Crippen LogP contribution in [0.3, 0.4) is 0 Å². The minimum Gasteiger partial charge on any atom is -0.381 e. The topological polar surface area (TPSA) is 29.9 Å². The lowest BCUT2D eigenvalue weighted by molar-refractivity contribution is 0.627. The molecule has 0 atom stereocenters. The van der Waals surface area contributed by atoms with E-state index in [1.807, 2.05) is 42.5 Å². The van der Waals surface area contributed by atoms with Crippen molar-refractivity contribution >= 4 is 28.2 Å². The average Bonchev–Trinajstić information content (AvgIpc) is 3.11. The van der Waals surface area contributed by atoms with Gasteiger partial charge >= 0.3 is 0 Å².